The Morgan fingerprint density at radius 1 is 1.18 bits per heavy atom. The first-order valence-corrected chi connectivity index (χ1v) is 13.2. The highest BCUT2D eigenvalue weighted by atomic mass is 19.1. The quantitative estimate of drug-likeness (QED) is 0.533. The maximum Gasteiger partial charge on any atom is 0.251 e. The zero-order chi connectivity index (χ0) is 27.4. The summed E-state index contributed by atoms with van der Waals surface area (Å²) in [6.45, 7) is 10.2. The normalized spacial score (nSPS) is 27.8. The van der Waals surface area contributed by atoms with Gasteiger partial charge in [0.15, 0.2) is 5.96 Å². The van der Waals surface area contributed by atoms with Crippen molar-refractivity contribution in [2.24, 2.45) is 5.92 Å². The van der Waals surface area contributed by atoms with Crippen molar-refractivity contribution in [1.29, 1.82) is 5.41 Å². The van der Waals surface area contributed by atoms with Crippen molar-refractivity contribution in [2.45, 2.75) is 77.1 Å². The van der Waals surface area contributed by atoms with E-state index in [1.54, 1.807) is 24.3 Å². The molecule has 9 heteroatoms. The summed E-state index contributed by atoms with van der Waals surface area (Å²) in [4.78, 5) is 28.2. The van der Waals surface area contributed by atoms with Crippen LogP contribution >= 0.6 is 0 Å². The molecule has 2 aromatic rings. The summed E-state index contributed by atoms with van der Waals surface area (Å²) in [6.07, 6.45) is 1.51. The summed E-state index contributed by atoms with van der Waals surface area (Å²) in [6, 6.07) is 8.64. The second kappa shape index (κ2) is 9.29. The Morgan fingerprint density at radius 3 is 2.63 bits per heavy atom. The molecule has 2 aromatic carbocycles. The monoisotopic (exact) mass is 522 g/mol. The lowest BCUT2D eigenvalue weighted by Crippen LogP contribution is -2.61. The molecule has 5 rings (SSSR count). The topological polar surface area (TPSA) is 104 Å². The molecular formula is C29H35FN4O4. The lowest BCUT2D eigenvalue weighted by Gasteiger charge is -2.44. The van der Waals surface area contributed by atoms with E-state index in [4.69, 9.17) is 14.9 Å². The average molecular weight is 523 g/mol. The van der Waals surface area contributed by atoms with Gasteiger partial charge in [-0.15, -0.1) is 0 Å². The standard InChI is InChI=1S/C29H35FN4O4/c1-6-29(5)15-24(35)34(27(31)33-29)21-11-12-37-22-9-7-17(13-19(21)22)26(36)32-25-16(2)28(3,4)38-23-10-8-18(30)14-20(23)25/h7-10,13-14,16,21,25H,6,11-12,15H2,1-5H3,(H2,31,33)(H,32,36)/t16-,21+,25-,29-/m0/s1. The first-order chi connectivity index (χ1) is 17.9. The smallest absolute Gasteiger partial charge is 0.251 e. The molecule has 0 aromatic heterocycles. The molecule has 4 atom stereocenters. The van der Waals surface area contributed by atoms with Crippen molar-refractivity contribution < 1.29 is 23.5 Å². The van der Waals surface area contributed by atoms with Gasteiger partial charge in [0.2, 0.25) is 5.91 Å². The molecule has 0 bridgehead atoms. The number of hydrogen-bond donors (Lipinski definition) is 3. The first-order valence-electron chi connectivity index (χ1n) is 13.2. The Hall–Kier alpha value is -3.62. The number of carbonyl (C=O) groups excluding carboxylic acids is 2. The summed E-state index contributed by atoms with van der Waals surface area (Å²) >= 11 is 0. The van der Waals surface area contributed by atoms with E-state index in [1.807, 2.05) is 34.6 Å². The van der Waals surface area contributed by atoms with E-state index in [0.717, 1.165) is 6.42 Å². The molecule has 3 aliphatic heterocycles. The number of halogens is 1. The minimum Gasteiger partial charge on any atom is -0.493 e. The predicted molar refractivity (Wildman–Crippen MR) is 141 cm³/mol. The number of rotatable bonds is 4. The molecule has 0 spiro atoms. The number of benzene rings is 2. The molecule has 0 unspecified atom stereocenters. The van der Waals surface area contributed by atoms with Crippen LogP contribution in [0.25, 0.3) is 0 Å². The minimum atomic E-state index is -0.577. The van der Waals surface area contributed by atoms with Crippen molar-refractivity contribution in [3.05, 3.63) is 58.9 Å². The van der Waals surface area contributed by atoms with E-state index in [-0.39, 0.29) is 30.1 Å². The van der Waals surface area contributed by atoms with E-state index >= 15 is 0 Å². The number of guanidine groups is 1. The molecule has 3 heterocycles. The molecule has 202 valence electrons. The van der Waals surface area contributed by atoms with Crippen LogP contribution < -0.4 is 20.1 Å². The molecule has 2 amide bonds. The lowest BCUT2D eigenvalue weighted by atomic mass is 9.79. The Labute approximate surface area is 222 Å². The van der Waals surface area contributed by atoms with Crippen molar-refractivity contribution >= 4 is 17.8 Å². The molecule has 38 heavy (non-hydrogen) atoms. The average Bonchev–Trinajstić information content (AvgIpc) is 2.86. The van der Waals surface area contributed by atoms with Crippen molar-refractivity contribution in [3.8, 4) is 11.5 Å². The molecule has 8 nitrogen and oxygen atoms in total. The fraction of sp³-hybridized carbons (Fsp3) is 0.483. The van der Waals surface area contributed by atoms with E-state index < -0.39 is 29.0 Å². The van der Waals surface area contributed by atoms with Crippen molar-refractivity contribution in [3.63, 3.8) is 0 Å². The SMILES string of the molecule is CC[C@@]1(C)CC(=O)N([C@@H]2CCOc3ccc(C(=O)N[C@@H]4c5cc(F)ccc5OC(C)(C)[C@H]4C)cc32)C(=N)N1. The van der Waals surface area contributed by atoms with Gasteiger partial charge in [-0.25, -0.2) is 4.39 Å². The van der Waals surface area contributed by atoms with Gasteiger partial charge in [-0.05, 0) is 63.6 Å². The van der Waals surface area contributed by atoms with Crippen LogP contribution in [0.5, 0.6) is 11.5 Å². The fourth-order valence-corrected chi connectivity index (χ4v) is 5.59. The van der Waals surface area contributed by atoms with Gasteiger partial charge in [-0.2, -0.15) is 0 Å². The van der Waals surface area contributed by atoms with Gasteiger partial charge >= 0.3 is 0 Å². The van der Waals surface area contributed by atoms with Gasteiger partial charge in [0.25, 0.3) is 5.91 Å². The molecule has 0 radical (unpaired) electrons. The third-order valence-electron chi connectivity index (χ3n) is 8.41. The zero-order valence-corrected chi connectivity index (χ0v) is 22.5. The molecule has 3 N–H and O–H groups in total. The lowest BCUT2D eigenvalue weighted by molar-refractivity contribution is -0.132. The van der Waals surface area contributed by atoms with Gasteiger partial charge < -0.3 is 20.1 Å². The molecule has 0 saturated carbocycles. The second-order valence-electron chi connectivity index (χ2n) is 11.4. The molecule has 1 saturated heterocycles. The first kappa shape index (κ1) is 26.0. The fourth-order valence-electron chi connectivity index (χ4n) is 5.59. The van der Waals surface area contributed by atoms with Crippen LogP contribution in [0.3, 0.4) is 0 Å². The Morgan fingerprint density at radius 2 is 1.92 bits per heavy atom. The minimum absolute atomic E-state index is 0.0650. The Kier molecular flexibility index (Phi) is 6.36. The molecule has 3 aliphatic rings. The van der Waals surface area contributed by atoms with Crippen LogP contribution in [0, 0.1) is 17.1 Å². The number of carbonyl (C=O) groups is 2. The van der Waals surface area contributed by atoms with Gasteiger partial charge in [0.1, 0.15) is 22.9 Å². The zero-order valence-electron chi connectivity index (χ0n) is 22.5. The number of fused-ring (bicyclic) bond motifs is 2. The molecule has 1 fully saturated rings. The second-order valence-corrected chi connectivity index (χ2v) is 11.4. The molecule has 0 aliphatic carbocycles. The van der Waals surface area contributed by atoms with Crippen molar-refractivity contribution in [1.82, 2.24) is 15.5 Å². The summed E-state index contributed by atoms with van der Waals surface area (Å²) in [5, 5.41) is 14.9. The maximum atomic E-state index is 14.2. The van der Waals surface area contributed by atoms with Crippen LogP contribution in [0.1, 0.15) is 87.4 Å². The molecular weight excluding hydrogens is 487 g/mol. The van der Waals surface area contributed by atoms with Gasteiger partial charge in [0, 0.05) is 34.6 Å². The van der Waals surface area contributed by atoms with Crippen LogP contribution in [-0.2, 0) is 4.79 Å². The summed E-state index contributed by atoms with van der Waals surface area (Å²) in [7, 11) is 0. The number of hydrogen-bond acceptors (Lipinski definition) is 5. The Bertz CT molecular complexity index is 1290. The number of ether oxygens (including phenoxy) is 2. The predicted octanol–water partition coefficient (Wildman–Crippen LogP) is 4.85. The van der Waals surface area contributed by atoms with E-state index in [0.29, 0.717) is 41.2 Å². The van der Waals surface area contributed by atoms with Crippen LogP contribution in [0.2, 0.25) is 0 Å². The van der Waals surface area contributed by atoms with Crippen molar-refractivity contribution in [2.75, 3.05) is 6.61 Å². The van der Waals surface area contributed by atoms with Crippen LogP contribution in [-0.4, -0.2) is 40.4 Å². The number of amides is 2. The number of nitrogens with one attached hydrogen (secondary N) is 3. The van der Waals surface area contributed by atoms with Gasteiger partial charge in [-0.3, -0.25) is 19.9 Å². The van der Waals surface area contributed by atoms with Crippen LogP contribution in [0.15, 0.2) is 36.4 Å². The number of nitrogens with zero attached hydrogens (tertiary/aromatic N) is 1. The third kappa shape index (κ3) is 4.48. The maximum absolute atomic E-state index is 14.2. The summed E-state index contributed by atoms with van der Waals surface area (Å²) in [5.74, 6) is 0.229. The van der Waals surface area contributed by atoms with E-state index in [2.05, 4.69) is 10.6 Å². The third-order valence-corrected chi connectivity index (χ3v) is 8.41. The Balaban J connectivity index is 1.44. The summed E-state index contributed by atoms with van der Waals surface area (Å²) in [5.41, 5.74) is 0.658. The van der Waals surface area contributed by atoms with Gasteiger partial charge in [-0.1, -0.05) is 13.8 Å². The highest BCUT2D eigenvalue weighted by molar-refractivity contribution is 6.00. The largest absolute Gasteiger partial charge is 0.493 e. The van der Waals surface area contributed by atoms with Crippen LogP contribution in [0.4, 0.5) is 4.39 Å². The van der Waals surface area contributed by atoms with E-state index in [1.165, 1.54) is 17.0 Å². The summed E-state index contributed by atoms with van der Waals surface area (Å²) < 4.78 is 26.1. The van der Waals surface area contributed by atoms with E-state index in [9.17, 15) is 14.0 Å². The highest BCUT2D eigenvalue weighted by Crippen LogP contribution is 2.44. The van der Waals surface area contributed by atoms with Gasteiger partial charge in [0.05, 0.1) is 25.1 Å². The highest BCUT2D eigenvalue weighted by Gasteiger charge is 2.43.